The summed E-state index contributed by atoms with van der Waals surface area (Å²) < 4.78 is 41.2. The molecule has 3 nitrogen and oxygen atoms in total. The van der Waals surface area contributed by atoms with Crippen molar-refractivity contribution in [3.63, 3.8) is 0 Å². The highest BCUT2D eigenvalue weighted by molar-refractivity contribution is 7.23. The smallest absolute Gasteiger partial charge is 0.267 e. The zero-order chi connectivity index (χ0) is 16.8. The van der Waals surface area contributed by atoms with E-state index in [2.05, 4.69) is 10.3 Å². The van der Waals surface area contributed by atoms with Crippen LogP contribution < -0.4 is 5.32 Å². The Labute approximate surface area is 141 Å². The van der Waals surface area contributed by atoms with Crippen molar-refractivity contribution >= 4 is 54.0 Å². The summed E-state index contributed by atoms with van der Waals surface area (Å²) in [7, 11) is 0. The molecule has 0 radical (unpaired) electrons. The van der Waals surface area contributed by atoms with Gasteiger partial charge in [0.25, 0.3) is 5.91 Å². The van der Waals surface area contributed by atoms with E-state index in [1.807, 2.05) is 0 Å². The van der Waals surface area contributed by atoms with E-state index in [-0.39, 0.29) is 10.6 Å². The Kier molecular flexibility index (Phi) is 3.50. The summed E-state index contributed by atoms with van der Waals surface area (Å²) in [5.41, 5.74) is 0.261. The number of hydrogen-bond donors (Lipinski definition) is 1. The minimum absolute atomic E-state index is 0.220. The first-order valence-corrected chi connectivity index (χ1v) is 8.39. The Morgan fingerprint density at radius 1 is 0.958 bits per heavy atom. The summed E-state index contributed by atoms with van der Waals surface area (Å²) in [4.78, 5) is 16.7. The summed E-state index contributed by atoms with van der Waals surface area (Å²) >= 11 is 2.19. The molecule has 1 N–H and O–H groups in total. The first kappa shape index (κ1) is 15.1. The lowest BCUT2D eigenvalue weighted by atomic mass is 10.2. The molecule has 0 saturated heterocycles. The van der Waals surface area contributed by atoms with E-state index >= 15 is 0 Å². The molecule has 2 aromatic carbocycles. The molecule has 2 aromatic heterocycles. The van der Waals surface area contributed by atoms with Crippen LogP contribution in [0.1, 0.15) is 9.67 Å². The average Bonchev–Trinajstić information content (AvgIpc) is 3.12. The van der Waals surface area contributed by atoms with Gasteiger partial charge in [0.2, 0.25) is 0 Å². The molecular weight excluding hydrogens is 357 g/mol. The molecule has 0 aliphatic rings. The standard InChI is InChI=1S/C16H7F3N2OS2/c17-8-2-1-3-12-7(8)4-14(23-12)15(22)21-16-20-11-5-9(18)10(19)6-13(11)24-16/h1-6H,(H,20,21,22). The van der Waals surface area contributed by atoms with Gasteiger partial charge in [-0.25, -0.2) is 18.2 Å². The molecule has 8 heteroatoms. The highest BCUT2D eigenvalue weighted by Crippen LogP contribution is 2.30. The monoisotopic (exact) mass is 364 g/mol. The van der Waals surface area contributed by atoms with E-state index in [0.717, 1.165) is 34.8 Å². The van der Waals surface area contributed by atoms with Gasteiger partial charge < -0.3 is 0 Å². The fourth-order valence-electron chi connectivity index (χ4n) is 2.27. The van der Waals surface area contributed by atoms with Crippen LogP contribution in [0.25, 0.3) is 20.3 Å². The molecular formula is C16H7F3N2OS2. The zero-order valence-corrected chi connectivity index (χ0v) is 13.4. The van der Waals surface area contributed by atoms with Crippen molar-refractivity contribution in [1.29, 1.82) is 0 Å². The molecule has 0 atom stereocenters. The van der Waals surface area contributed by atoms with Gasteiger partial charge in [0.15, 0.2) is 16.8 Å². The van der Waals surface area contributed by atoms with E-state index in [9.17, 15) is 18.0 Å². The minimum atomic E-state index is -0.995. The maximum absolute atomic E-state index is 13.7. The Balaban J connectivity index is 1.66. The molecule has 0 bridgehead atoms. The number of aromatic nitrogens is 1. The molecule has 0 fully saturated rings. The summed E-state index contributed by atoms with van der Waals surface area (Å²) in [6.45, 7) is 0. The van der Waals surface area contributed by atoms with E-state index in [0.29, 0.717) is 19.7 Å². The first-order valence-electron chi connectivity index (χ1n) is 6.76. The summed E-state index contributed by atoms with van der Waals surface area (Å²) in [5.74, 6) is -2.81. The summed E-state index contributed by atoms with van der Waals surface area (Å²) in [5, 5.41) is 3.17. The second-order valence-corrected chi connectivity index (χ2v) is 7.08. The third-order valence-electron chi connectivity index (χ3n) is 3.38. The molecule has 2 heterocycles. The largest absolute Gasteiger partial charge is 0.297 e. The molecule has 0 unspecified atom stereocenters. The Hall–Kier alpha value is -2.45. The molecule has 0 aliphatic heterocycles. The van der Waals surface area contributed by atoms with Gasteiger partial charge in [-0.05, 0) is 24.3 Å². The van der Waals surface area contributed by atoms with Crippen molar-refractivity contribution in [2.45, 2.75) is 0 Å². The van der Waals surface area contributed by atoms with Crippen LogP contribution >= 0.6 is 22.7 Å². The molecule has 1 amide bonds. The van der Waals surface area contributed by atoms with Gasteiger partial charge in [-0.2, -0.15) is 0 Å². The molecule has 0 spiro atoms. The van der Waals surface area contributed by atoms with E-state index < -0.39 is 23.4 Å². The molecule has 120 valence electrons. The van der Waals surface area contributed by atoms with Gasteiger partial charge >= 0.3 is 0 Å². The maximum Gasteiger partial charge on any atom is 0.267 e. The van der Waals surface area contributed by atoms with Crippen molar-refractivity contribution < 1.29 is 18.0 Å². The van der Waals surface area contributed by atoms with E-state index in [1.165, 1.54) is 12.1 Å². The van der Waals surface area contributed by atoms with Crippen LogP contribution in [0.5, 0.6) is 0 Å². The normalized spacial score (nSPS) is 11.3. The van der Waals surface area contributed by atoms with Gasteiger partial charge in [0.1, 0.15) is 5.82 Å². The lowest BCUT2D eigenvalue weighted by molar-refractivity contribution is 0.103. The topological polar surface area (TPSA) is 42.0 Å². The van der Waals surface area contributed by atoms with Crippen molar-refractivity contribution in [3.8, 4) is 0 Å². The quantitative estimate of drug-likeness (QED) is 0.532. The number of benzene rings is 2. The highest BCUT2D eigenvalue weighted by atomic mass is 32.1. The Morgan fingerprint density at radius 3 is 2.54 bits per heavy atom. The third-order valence-corrected chi connectivity index (χ3v) is 5.42. The van der Waals surface area contributed by atoms with Gasteiger partial charge in [-0.1, -0.05) is 17.4 Å². The van der Waals surface area contributed by atoms with Crippen LogP contribution in [0, 0.1) is 17.5 Å². The number of hydrogen-bond acceptors (Lipinski definition) is 4. The van der Waals surface area contributed by atoms with E-state index in [1.54, 1.807) is 12.1 Å². The number of amides is 1. The van der Waals surface area contributed by atoms with Crippen LogP contribution in [0.4, 0.5) is 18.3 Å². The van der Waals surface area contributed by atoms with Gasteiger partial charge in [-0.15, -0.1) is 11.3 Å². The number of carbonyl (C=O) groups is 1. The second-order valence-electron chi connectivity index (χ2n) is 4.97. The molecule has 4 rings (SSSR count). The van der Waals surface area contributed by atoms with Crippen molar-refractivity contribution in [2.75, 3.05) is 5.32 Å². The van der Waals surface area contributed by atoms with Crippen molar-refractivity contribution in [2.24, 2.45) is 0 Å². The number of carbonyl (C=O) groups excluding carboxylic acids is 1. The van der Waals surface area contributed by atoms with Crippen LogP contribution in [-0.2, 0) is 0 Å². The van der Waals surface area contributed by atoms with Crippen LogP contribution in [0.2, 0.25) is 0 Å². The van der Waals surface area contributed by atoms with Gasteiger partial charge in [0.05, 0.1) is 15.1 Å². The zero-order valence-electron chi connectivity index (χ0n) is 11.8. The number of thiazole rings is 1. The first-order chi connectivity index (χ1) is 11.5. The number of anilines is 1. The number of halogens is 3. The van der Waals surface area contributed by atoms with Crippen molar-refractivity contribution in [1.82, 2.24) is 4.98 Å². The lowest BCUT2D eigenvalue weighted by Gasteiger charge is -1.96. The fraction of sp³-hybridized carbons (Fsp3) is 0. The molecule has 24 heavy (non-hydrogen) atoms. The van der Waals surface area contributed by atoms with E-state index in [4.69, 9.17) is 0 Å². The van der Waals surface area contributed by atoms with Crippen LogP contribution in [0.15, 0.2) is 36.4 Å². The maximum atomic E-state index is 13.7. The third kappa shape index (κ3) is 2.53. The van der Waals surface area contributed by atoms with Crippen LogP contribution in [0.3, 0.4) is 0 Å². The fourth-order valence-corrected chi connectivity index (χ4v) is 4.11. The highest BCUT2D eigenvalue weighted by Gasteiger charge is 2.15. The number of nitrogens with zero attached hydrogens (tertiary/aromatic N) is 1. The average molecular weight is 364 g/mol. The van der Waals surface area contributed by atoms with Crippen molar-refractivity contribution in [3.05, 3.63) is 58.7 Å². The SMILES string of the molecule is O=C(Nc1nc2cc(F)c(F)cc2s1)c1cc2c(F)cccc2s1. The lowest BCUT2D eigenvalue weighted by Crippen LogP contribution is -2.09. The molecule has 4 aromatic rings. The minimum Gasteiger partial charge on any atom is -0.297 e. The number of fused-ring (bicyclic) bond motifs is 2. The number of thiophene rings is 1. The Morgan fingerprint density at radius 2 is 1.75 bits per heavy atom. The molecule has 0 aliphatic carbocycles. The predicted molar refractivity (Wildman–Crippen MR) is 89.3 cm³/mol. The summed E-state index contributed by atoms with van der Waals surface area (Å²) in [6.07, 6.45) is 0. The number of nitrogens with one attached hydrogen (secondary N) is 1. The van der Waals surface area contributed by atoms with Gasteiger partial charge in [-0.3, -0.25) is 10.1 Å². The molecule has 0 saturated carbocycles. The Bertz CT molecular complexity index is 1060. The van der Waals surface area contributed by atoms with Gasteiger partial charge in [0, 0.05) is 16.2 Å². The van der Waals surface area contributed by atoms with Crippen LogP contribution in [-0.4, -0.2) is 10.9 Å². The number of rotatable bonds is 2. The summed E-state index contributed by atoms with van der Waals surface area (Å²) in [6, 6.07) is 8.11. The predicted octanol–water partition coefficient (Wildman–Crippen LogP) is 5.18. The second kappa shape index (κ2) is 5.57.